The highest BCUT2D eigenvalue weighted by Gasteiger charge is 2.21. The molecule has 0 N–H and O–H groups in total. The summed E-state index contributed by atoms with van der Waals surface area (Å²) in [5.41, 5.74) is 5.11. The molecule has 148 valence electrons. The molecule has 0 unspecified atom stereocenters. The SMILES string of the molecule is COc1ccc2c(c1)c1c3ccccc3nc(-c3ccccc3)c1n2-c1ccccn1. The third kappa shape index (κ3) is 2.69. The van der Waals surface area contributed by atoms with Crippen LogP contribution in [0.15, 0.2) is 97.2 Å². The topological polar surface area (TPSA) is 39.9 Å². The summed E-state index contributed by atoms with van der Waals surface area (Å²) in [5, 5.41) is 3.39. The molecule has 4 nitrogen and oxygen atoms in total. The van der Waals surface area contributed by atoms with Gasteiger partial charge < -0.3 is 4.74 Å². The van der Waals surface area contributed by atoms with Crippen LogP contribution in [0.5, 0.6) is 5.75 Å². The summed E-state index contributed by atoms with van der Waals surface area (Å²) < 4.78 is 7.79. The standard InChI is InChI=1S/C27H19N3O/c1-31-19-14-15-23-21(17-19)25-20-11-5-6-12-22(20)29-26(18-9-3-2-4-10-18)27(25)30(23)24-13-7-8-16-28-24/h2-17H,1H3. The van der Waals surface area contributed by atoms with Crippen molar-refractivity contribution in [2.45, 2.75) is 0 Å². The number of hydrogen-bond acceptors (Lipinski definition) is 3. The molecule has 31 heavy (non-hydrogen) atoms. The lowest BCUT2D eigenvalue weighted by Crippen LogP contribution is -1.99. The van der Waals surface area contributed by atoms with Gasteiger partial charge in [0.05, 0.1) is 29.4 Å². The van der Waals surface area contributed by atoms with Gasteiger partial charge in [-0.3, -0.25) is 4.57 Å². The lowest BCUT2D eigenvalue weighted by molar-refractivity contribution is 0.415. The molecule has 4 heteroatoms. The number of methoxy groups -OCH3 is 1. The van der Waals surface area contributed by atoms with Crippen LogP contribution in [0.4, 0.5) is 0 Å². The maximum atomic E-state index is 5.57. The minimum absolute atomic E-state index is 0.828. The van der Waals surface area contributed by atoms with Crippen LogP contribution in [-0.2, 0) is 0 Å². The van der Waals surface area contributed by atoms with E-state index >= 15 is 0 Å². The lowest BCUT2D eigenvalue weighted by Gasteiger charge is -2.11. The highest BCUT2D eigenvalue weighted by Crippen LogP contribution is 2.41. The molecule has 0 saturated heterocycles. The van der Waals surface area contributed by atoms with Gasteiger partial charge in [0, 0.05) is 27.9 Å². The van der Waals surface area contributed by atoms with E-state index in [1.165, 1.54) is 0 Å². The molecule has 0 aliphatic heterocycles. The molecular formula is C27H19N3O. The van der Waals surface area contributed by atoms with Gasteiger partial charge in [-0.05, 0) is 36.4 Å². The molecule has 0 aliphatic rings. The van der Waals surface area contributed by atoms with Crippen LogP contribution in [0, 0.1) is 0 Å². The summed E-state index contributed by atoms with van der Waals surface area (Å²) in [6.45, 7) is 0. The zero-order chi connectivity index (χ0) is 20.8. The highest BCUT2D eigenvalue weighted by molar-refractivity contribution is 6.23. The van der Waals surface area contributed by atoms with Crippen molar-refractivity contribution in [3.05, 3.63) is 97.2 Å². The number of nitrogens with zero attached hydrogens (tertiary/aromatic N) is 3. The van der Waals surface area contributed by atoms with E-state index in [0.29, 0.717) is 0 Å². The molecule has 3 heterocycles. The first-order valence-corrected chi connectivity index (χ1v) is 10.2. The van der Waals surface area contributed by atoms with Gasteiger partial charge in [0.2, 0.25) is 0 Å². The summed E-state index contributed by atoms with van der Waals surface area (Å²) in [6, 6.07) is 30.9. The molecule has 6 rings (SSSR count). The zero-order valence-electron chi connectivity index (χ0n) is 17.0. The minimum Gasteiger partial charge on any atom is -0.497 e. The number of rotatable bonds is 3. The number of hydrogen-bond donors (Lipinski definition) is 0. The van der Waals surface area contributed by atoms with Gasteiger partial charge in [0.15, 0.2) is 0 Å². The molecule has 0 atom stereocenters. The quantitative estimate of drug-likeness (QED) is 0.344. The first kappa shape index (κ1) is 17.7. The molecule has 0 fully saturated rings. The number of ether oxygens (including phenoxy) is 1. The Morgan fingerprint density at radius 3 is 2.39 bits per heavy atom. The van der Waals surface area contributed by atoms with Gasteiger partial charge >= 0.3 is 0 Å². The van der Waals surface area contributed by atoms with Crippen LogP contribution in [0.25, 0.3) is 49.8 Å². The molecule has 0 amide bonds. The fourth-order valence-corrected chi connectivity index (χ4v) is 4.37. The van der Waals surface area contributed by atoms with Crippen molar-refractivity contribution in [2.24, 2.45) is 0 Å². The molecular weight excluding hydrogens is 382 g/mol. The highest BCUT2D eigenvalue weighted by atomic mass is 16.5. The van der Waals surface area contributed by atoms with Crippen molar-refractivity contribution in [1.82, 2.24) is 14.5 Å². The fraction of sp³-hybridized carbons (Fsp3) is 0.0370. The van der Waals surface area contributed by atoms with Crippen LogP contribution in [0.3, 0.4) is 0 Å². The Hall–Kier alpha value is -4.18. The van der Waals surface area contributed by atoms with E-state index in [0.717, 1.165) is 55.5 Å². The van der Waals surface area contributed by atoms with Gasteiger partial charge in [-0.2, -0.15) is 0 Å². The van der Waals surface area contributed by atoms with Crippen molar-refractivity contribution < 1.29 is 4.74 Å². The number of para-hydroxylation sites is 1. The smallest absolute Gasteiger partial charge is 0.137 e. The molecule has 6 aromatic rings. The summed E-state index contributed by atoms with van der Waals surface area (Å²) in [5.74, 6) is 1.69. The average molecular weight is 401 g/mol. The van der Waals surface area contributed by atoms with Gasteiger partial charge in [0.1, 0.15) is 11.6 Å². The van der Waals surface area contributed by atoms with Crippen LogP contribution in [-0.4, -0.2) is 21.6 Å². The van der Waals surface area contributed by atoms with Crippen LogP contribution < -0.4 is 4.74 Å². The monoisotopic (exact) mass is 401 g/mol. The van der Waals surface area contributed by atoms with Gasteiger partial charge in [0.25, 0.3) is 0 Å². The second-order valence-electron chi connectivity index (χ2n) is 7.47. The van der Waals surface area contributed by atoms with Gasteiger partial charge in [-0.15, -0.1) is 0 Å². The molecule has 3 aromatic heterocycles. The number of pyridine rings is 2. The van der Waals surface area contributed by atoms with Crippen LogP contribution >= 0.6 is 0 Å². The summed E-state index contributed by atoms with van der Waals surface area (Å²) >= 11 is 0. The van der Waals surface area contributed by atoms with Gasteiger partial charge in [-0.1, -0.05) is 54.6 Å². The molecule has 3 aromatic carbocycles. The van der Waals surface area contributed by atoms with Crippen molar-refractivity contribution >= 4 is 32.7 Å². The third-order valence-electron chi connectivity index (χ3n) is 5.73. The average Bonchev–Trinajstić information content (AvgIpc) is 3.19. The second kappa shape index (κ2) is 6.96. The van der Waals surface area contributed by atoms with E-state index in [4.69, 9.17) is 9.72 Å². The summed E-state index contributed by atoms with van der Waals surface area (Å²) in [7, 11) is 1.70. The number of benzene rings is 3. The zero-order valence-corrected chi connectivity index (χ0v) is 17.0. The van der Waals surface area contributed by atoms with Crippen molar-refractivity contribution in [2.75, 3.05) is 7.11 Å². The Bertz CT molecular complexity index is 1550. The van der Waals surface area contributed by atoms with Crippen molar-refractivity contribution in [3.63, 3.8) is 0 Å². The van der Waals surface area contributed by atoms with Crippen LogP contribution in [0.2, 0.25) is 0 Å². The molecule has 0 aliphatic carbocycles. The minimum atomic E-state index is 0.828. The first-order chi connectivity index (χ1) is 15.3. The van der Waals surface area contributed by atoms with Crippen molar-refractivity contribution in [1.29, 1.82) is 0 Å². The fourth-order valence-electron chi connectivity index (χ4n) is 4.37. The summed E-state index contributed by atoms with van der Waals surface area (Å²) in [6.07, 6.45) is 1.83. The number of aromatic nitrogens is 3. The Kier molecular flexibility index (Phi) is 3.96. The Morgan fingerprint density at radius 1 is 0.774 bits per heavy atom. The third-order valence-corrected chi connectivity index (χ3v) is 5.73. The van der Waals surface area contributed by atoms with E-state index in [1.54, 1.807) is 7.11 Å². The van der Waals surface area contributed by atoms with Gasteiger partial charge in [-0.25, -0.2) is 9.97 Å². The maximum absolute atomic E-state index is 5.57. The first-order valence-electron chi connectivity index (χ1n) is 10.2. The van der Waals surface area contributed by atoms with E-state index < -0.39 is 0 Å². The van der Waals surface area contributed by atoms with Crippen molar-refractivity contribution in [3.8, 4) is 22.8 Å². The molecule has 0 bridgehead atoms. The van der Waals surface area contributed by atoms with Crippen LogP contribution in [0.1, 0.15) is 0 Å². The van der Waals surface area contributed by atoms with E-state index in [-0.39, 0.29) is 0 Å². The predicted octanol–water partition coefficient (Wildman–Crippen LogP) is 6.40. The second-order valence-corrected chi connectivity index (χ2v) is 7.47. The molecule has 0 radical (unpaired) electrons. The predicted molar refractivity (Wildman–Crippen MR) is 126 cm³/mol. The normalized spacial score (nSPS) is 11.4. The Labute approximate surface area is 179 Å². The van der Waals surface area contributed by atoms with E-state index in [1.807, 2.05) is 42.6 Å². The van der Waals surface area contributed by atoms with E-state index in [2.05, 4.69) is 64.1 Å². The largest absolute Gasteiger partial charge is 0.497 e. The van der Waals surface area contributed by atoms with E-state index in [9.17, 15) is 0 Å². The summed E-state index contributed by atoms with van der Waals surface area (Å²) in [4.78, 5) is 9.80. The lowest BCUT2D eigenvalue weighted by atomic mass is 10.0. The molecule has 0 saturated carbocycles. The number of fused-ring (bicyclic) bond motifs is 5. The maximum Gasteiger partial charge on any atom is 0.137 e. The molecule has 0 spiro atoms. The Morgan fingerprint density at radius 2 is 1.58 bits per heavy atom. The Balaban J connectivity index is 1.91.